The molecule has 1 saturated heterocycles. The van der Waals surface area contributed by atoms with Crippen LogP contribution in [0.2, 0.25) is 0 Å². The van der Waals surface area contributed by atoms with Crippen molar-refractivity contribution < 1.29 is 4.74 Å². The molecule has 1 aromatic heterocycles. The number of rotatable bonds is 7. The predicted octanol–water partition coefficient (Wildman–Crippen LogP) is 2.30. The Labute approximate surface area is 116 Å². The molecule has 108 valence electrons. The van der Waals surface area contributed by atoms with Gasteiger partial charge in [-0.1, -0.05) is 6.92 Å². The first-order valence-electron chi connectivity index (χ1n) is 7.62. The first-order chi connectivity index (χ1) is 9.24. The van der Waals surface area contributed by atoms with Gasteiger partial charge >= 0.3 is 0 Å². The maximum atomic E-state index is 5.87. The van der Waals surface area contributed by atoms with Crippen LogP contribution in [0.5, 0.6) is 0 Å². The van der Waals surface area contributed by atoms with Gasteiger partial charge in [-0.05, 0) is 45.7 Å². The highest BCUT2D eigenvalue weighted by molar-refractivity contribution is 5.11. The average molecular weight is 265 g/mol. The van der Waals surface area contributed by atoms with Crippen molar-refractivity contribution in [2.75, 3.05) is 13.2 Å². The van der Waals surface area contributed by atoms with Gasteiger partial charge in [0.25, 0.3) is 0 Å². The number of nitrogens with one attached hydrogen (secondary N) is 1. The number of aromatic nitrogens is 2. The summed E-state index contributed by atoms with van der Waals surface area (Å²) >= 11 is 0. The van der Waals surface area contributed by atoms with Crippen LogP contribution in [0, 0.1) is 6.92 Å². The maximum absolute atomic E-state index is 5.87. The fourth-order valence-corrected chi connectivity index (χ4v) is 2.85. The third-order valence-corrected chi connectivity index (χ3v) is 3.78. The van der Waals surface area contributed by atoms with E-state index >= 15 is 0 Å². The van der Waals surface area contributed by atoms with Crippen LogP contribution in [0.1, 0.15) is 44.5 Å². The molecule has 4 heteroatoms. The molecule has 0 amide bonds. The van der Waals surface area contributed by atoms with E-state index < -0.39 is 0 Å². The largest absolute Gasteiger partial charge is 0.377 e. The Bertz CT molecular complexity index is 383. The topological polar surface area (TPSA) is 39.1 Å². The molecule has 1 aliphatic rings. The molecule has 19 heavy (non-hydrogen) atoms. The van der Waals surface area contributed by atoms with Crippen molar-refractivity contribution in [2.45, 2.75) is 65.1 Å². The van der Waals surface area contributed by atoms with Gasteiger partial charge in [0.15, 0.2) is 0 Å². The summed E-state index contributed by atoms with van der Waals surface area (Å²) in [5.41, 5.74) is 2.43. The number of ether oxygens (including phenoxy) is 1. The summed E-state index contributed by atoms with van der Waals surface area (Å²) in [6.45, 7) is 9.34. The molecule has 2 unspecified atom stereocenters. The quantitative estimate of drug-likeness (QED) is 0.822. The van der Waals surface area contributed by atoms with Gasteiger partial charge in [0.05, 0.1) is 11.8 Å². The molecule has 1 fully saturated rings. The van der Waals surface area contributed by atoms with Gasteiger partial charge in [-0.15, -0.1) is 0 Å². The summed E-state index contributed by atoms with van der Waals surface area (Å²) in [6, 6.07) is 2.63. The minimum atomic E-state index is 0.368. The lowest BCUT2D eigenvalue weighted by atomic mass is 10.0. The molecule has 0 aromatic carbocycles. The van der Waals surface area contributed by atoms with Crippen molar-refractivity contribution in [3.8, 4) is 0 Å². The van der Waals surface area contributed by atoms with Gasteiger partial charge in [0.1, 0.15) is 0 Å². The minimum absolute atomic E-state index is 0.368. The number of hydrogen-bond acceptors (Lipinski definition) is 3. The Kier molecular flexibility index (Phi) is 5.40. The summed E-state index contributed by atoms with van der Waals surface area (Å²) in [4.78, 5) is 0. The Morgan fingerprint density at radius 3 is 3.00 bits per heavy atom. The zero-order chi connectivity index (χ0) is 13.7. The molecule has 4 nitrogen and oxygen atoms in total. The third-order valence-electron chi connectivity index (χ3n) is 3.78. The molecule has 2 rings (SSSR count). The van der Waals surface area contributed by atoms with E-state index in [2.05, 4.69) is 41.9 Å². The van der Waals surface area contributed by atoms with Gasteiger partial charge < -0.3 is 10.1 Å². The summed E-state index contributed by atoms with van der Waals surface area (Å²) in [7, 11) is 0. The molecular weight excluding hydrogens is 238 g/mol. The molecule has 0 spiro atoms. The standard InChI is InChI=1S/C15H27N3O/c1-4-8-16-14(15-7-6-9-19-15)11-13-10-12(3)17-18(13)5-2/h10,14-16H,4-9,11H2,1-3H3. The van der Waals surface area contributed by atoms with E-state index in [0.717, 1.165) is 38.2 Å². The first-order valence-corrected chi connectivity index (χ1v) is 7.62. The van der Waals surface area contributed by atoms with Crippen LogP contribution >= 0.6 is 0 Å². The number of nitrogens with zero attached hydrogens (tertiary/aromatic N) is 2. The van der Waals surface area contributed by atoms with E-state index in [0.29, 0.717) is 12.1 Å². The van der Waals surface area contributed by atoms with Crippen LogP contribution in [0.4, 0.5) is 0 Å². The van der Waals surface area contributed by atoms with Crippen molar-refractivity contribution in [3.63, 3.8) is 0 Å². The second-order valence-corrected chi connectivity index (χ2v) is 5.41. The zero-order valence-corrected chi connectivity index (χ0v) is 12.5. The van der Waals surface area contributed by atoms with Gasteiger partial charge in [0.2, 0.25) is 0 Å². The van der Waals surface area contributed by atoms with Crippen LogP contribution in [0.25, 0.3) is 0 Å². The van der Waals surface area contributed by atoms with Gasteiger partial charge in [0, 0.05) is 31.3 Å². The lowest BCUT2D eigenvalue weighted by Gasteiger charge is -2.24. The van der Waals surface area contributed by atoms with Crippen LogP contribution < -0.4 is 5.32 Å². The predicted molar refractivity (Wildman–Crippen MR) is 77.4 cm³/mol. The molecule has 0 saturated carbocycles. The lowest BCUT2D eigenvalue weighted by Crippen LogP contribution is -2.42. The van der Waals surface area contributed by atoms with E-state index in [1.165, 1.54) is 18.5 Å². The highest BCUT2D eigenvalue weighted by Gasteiger charge is 2.26. The Morgan fingerprint density at radius 2 is 2.37 bits per heavy atom. The Morgan fingerprint density at radius 1 is 1.53 bits per heavy atom. The molecule has 2 heterocycles. The van der Waals surface area contributed by atoms with E-state index in [-0.39, 0.29) is 0 Å². The summed E-state index contributed by atoms with van der Waals surface area (Å²) in [5, 5.41) is 8.19. The van der Waals surface area contributed by atoms with Gasteiger partial charge in [-0.25, -0.2) is 0 Å². The fraction of sp³-hybridized carbons (Fsp3) is 0.800. The van der Waals surface area contributed by atoms with Crippen LogP contribution in [-0.2, 0) is 17.7 Å². The number of hydrogen-bond donors (Lipinski definition) is 1. The lowest BCUT2D eigenvalue weighted by molar-refractivity contribution is 0.0777. The Hall–Kier alpha value is -0.870. The molecule has 1 aromatic rings. The van der Waals surface area contributed by atoms with E-state index in [1.54, 1.807) is 0 Å². The minimum Gasteiger partial charge on any atom is -0.377 e. The molecule has 1 N–H and O–H groups in total. The SMILES string of the molecule is CCCNC(Cc1cc(C)nn1CC)C1CCCO1. The second kappa shape index (κ2) is 7.06. The van der Waals surface area contributed by atoms with E-state index in [9.17, 15) is 0 Å². The molecule has 2 atom stereocenters. The van der Waals surface area contributed by atoms with Crippen LogP contribution in [-0.4, -0.2) is 35.1 Å². The van der Waals surface area contributed by atoms with Gasteiger partial charge in [-0.2, -0.15) is 5.10 Å². The van der Waals surface area contributed by atoms with Gasteiger partial charge in [-0.3, -0.25) is 4.68 Å². The summed E-state index contributed by atoms with van der Waals surface area (Å²) in [5.74, 6) is 0. The highest BCUT2D eigenvalue weighted by Crippen LogP contribution is 2.19. The van der Waals surface area contributed by atoms with Crippen LogP contribution in [0.15, 0.2) is 6.07 Å². The molecule has 1 aliphatic heterocycles. The second-order valence-electron chi connectivity index (χ2n) is 5.41. The zero-order valence-electron chi connectivity index (χ0n) is 12.5. The highest BCUT2D eigenvalue weighted by atomic mass is 16.5. The maximum Gasteiger partial charge on any atom is 0.0732 e. The summed E-state index contributed by atoms with van der Waals surface area (Å²) in [6.07, 6.45) is 4.92. The fourth-order valence-electron chi connectivity index (χ4n) is 2.85. The van der Waals surface area contributed by atoms with E-state index in [4.69, 9.17) is 4.74 Å². The van der Waals surface area contributed by atoms with Crippen molar-refractivity contribution in [2.24, 2.45) is 0 Å². The van der Waals surface area contributed by atoms with Crippen molar-refractivity contribution in [1.29, 1.82) is 0 Å². The monoisotopic (exact) mass is 265 g/mol. The van der Waals surface area contributed by atoms with Crippen LogP contribution in [0.3, 0.4) is 0 Å². The third kappa shape index (κ3) is 3.80. The van der Waals surface area contributed by atoms with Crippen molar-refractivity contribution in [1.82, 2.24) is 15.1 Å². The normalized spacial score (nSPS) is 20.9. The molecule has 0 radical (unpaired) electrons. The van der Waals surface area contributed by atoms with Crippen molar-refractivity contribution in [3.05, 3.63) is 17.5 Å². The number of aryl methyl sites for hydroxylation is 2. The average Bonchev–Trinajstić information content (AvgIpc) is 3.03. The first kappa shape index (κ1) is 14.5. The van der Waals surface area contributed by atoms with E-state index in [1.807, 2.05) is 0 Å². The smallest absolute Gasteiger partial charge is 0.0732 e. The van der Waals surface area contributed by atoms with Crippen molar-refractivity contribution >= 4 is 0 Å². The molecular formula is C15H27N3O. The summed E-state index contributed by atoms with van der Waals surface area (Å²) < 4.78 is 7.99. The molecule has 0 bridgehead atoms. The Balaban J connectivity index is 2.05. The molecule has 0 aliphatic carbocycles.